The van der Waals surface area contributed by atoms with Crippen LogP contribution in [0.3, 0.4) is 0 Å². The Morgan fingerprint density at radius 3 is 1.69 bits per heavy atom. The second kappa shape index (κ2) is 15.2. The smallest absolute Gasteiger partial charge is 0.0279 e. The molecule has 0 heteroatoms. The van der Waals surface area contributed by atoms with Crippen LogP contribution in [0.5, 0.6) is 0 Å². The molecule has 3 rings (SSSR count). The fourth-order valence-electron chi connectivity index (χ4n) is 2.67. The van der Waals surface area contributed by atoms with E-state index in [0.29, 0.717) is 0 Å². The van der Waals surface area contributed by atoms with Crippen molar-refractivity contribution >= 4 is 0 Å². The molecule has 0 fully saturated rings. The van der Waals surface area contributed by atoms with Gasteiger partial charge < -0.3 is 0 Å². The summed E-state index contributed by atoms with van der Waals surface area (Å²) in [6.45, 7) is 6.58. The van der Waals surface area contributed by atoms with Crippen molar-refractivity contribution in [2.24, 2.45) is 0 Å². The highest BCUT2D eigenvalue weighted by Gasteiger charge is 1.91. The van der Waals surface area contributed by atoms with Crippen molar-refractivity contribution in [3.8, 4) is 0 Å². The van der Waals surface area contributed by atoms with E-state index in [1.165, 1.54) is 55.2 Å². The number of aryl methyl sites for hydroxylation is 2. The molecule has 0 unspecified atom stereocenters. The standard InChI is InChI=1S/C10H14.C8H12.C8H10/c1-2-3-7-10-8-5-4-6-9-10;2*1-2-8-6-4-3-5-7-8/h4-6,8-9H,2-3,7H2,1H3;4,6-7H,2-3,5H2,1H3;3-7H,2H2,1H3. The van der Waals surface area contributed by atoms with E-state index in [9.17, 15) is 0 Å². The van der Waals surface area contributed by atoms with Crippen LogP contribution in [0, 0.1) is 0 Å². The van der Waals surface area contributed by atoms with Crippen molar-refractivity contribution < 1.29 is 0 Å². The lowest BCUT2D eigenvalue weighted by Gasteiger charge is -2.01. The minimum atomic E-state index is 1.14. The van der Waals surface area contributed by atoms with E-state index >= 15 is 0 Å². The summed E-state index contributed by atoms with van der Waals surface area (Å²) in [4.78, 5) is 0. The Bertz CT molecular complexity index is 605. The zero-order valence-corrected chi connectivity index (χ0v) is 17.0. The third-order valence-corrected chi connectivity index (χ3v) is 4.39. The van der Waals surface area contributed by atoms with Gasteiger partial charge >= 0.3 is 0 Å². The van der Waals surface area contributed by atoms with Gasteiger partial charge in [-0.2, -0.15) is 0 Å². The van der Waals surface area contributed by atoms with E-state index < -0.39 is 0 Å². The molecule has 0 amide bonds. The second-order valence-corrected chi connectivity index (χ2v) is 6.54. The highest BCUT2D eigenvalue weighted by atomic mass is 14.0. The van der Waals surface area contributed by atoms with Crippen LogP contribution in [0.15, 0.2) is 84.5 Å². The fraction of sp³-hybridized carbons (Fsp3) is 0.385. The van der Waals surface area contributed by atoms with Gasteiger partial charge in [-0.25, -0.2) is 0 Å². The molecule has 0 aliphatic heterocycles. The second-order valence-electron chi connectivity index (χ2n) is 6.54. The fourth-order valence-corrected chi connectivity index (χ4v) is 2.67. The van der Waals surface area contributed by atoms with Gasteiger partial charge in [0.1, 0.15) is 0 Å². The lowest BCUT2D eigenvalue weighted by Crippen LogP contribution is -1.81. The first kappa shape index (κ1) is 22.0. The topological polar surface area (TPSA) is 0 Å². The van der Waals surface area contributed by atoms with Gasteiger partial charge in [-0.3, -0.25) is 0 Å². The minimum absolute atomic E-state index is 1.14. The summed E-state index contributed by atoms with van der Waals surface area (Å²) in [6, 6.07) is 21.1. The molecule has 140 valence electrons. The number of unbranched alkanes of at least 4 members (excludes halogenated alkanes) is 1. The average molecular weight is 349 g/mol. The highest BCUT2D eigenvalue weighted by molar-refractivity contribution is 5.21. The van der Waals surface area contributed by atoms with Gasteiger partial charge in [0.2, 0.25) is 0 Å². The van der Waals surface area contributed by atoms with Gasteiger partial charge in [0.15, 0.2) is 0 Å². The quantitative estimate of drug-likeness (QED) is 0.514. The number of allylic oxidation sites excluding steroid dienone is 4. The zero-order chi connectivity index (χ0) is 18.9. The lowest BCUT2D eigenvalue weighted by molar-refractivity contribution is 0.795. The Kier molecular flexibility index (Phi) is 12.8. The molecule has 0 spiro atoms. The van der Waals surface area contributed by atoms with Crippen molar-refractivity contribution in [2.75, 3.05) is 0 Å². The molecule has 26 heavy (non-hydrogen) atoms. The largest absolute Gasteiger partial charge is 0.0840 e. The van der Waals surface area contributed by atoms with Gasteiger partial charge in [-0.1, -0.05) is 112 Å². The molecule has 1 aliphatic carbocycles. The van der Waals surface area contributed by atoms with Gasteiger partial charge in [-0.15, -0.1) is 0 Å². The third kappa shape index (κ3) is 10.7. The first-order valence-corrected chi connectivity index (χ1v) is 10.2. The summed E-state index contributed by atoms with van der Waals surface area (Å²) >= 11 is 0. The van der Waals surface area contributed by atoms with E-state index in [1.807, 2.05) is 6.07 Å². The van der Waals surface area contributed by atoms with Crippen LogP contribution >= 0.6 is 0 Å². The molecule has 0 saturated carbocycles. The summed E-state index contributed by atoms with van der Waals surface area (Å²) in [7, 11) is 0. The van der Waals surface area contributed by atoms with E-state index in [4.69, 9.17) is 0 Å². The Balaban J connectivity index is 0.000000197. The minimum Gasteiger partial charge on any atom is -0.0840 e. The summed E-state index contributed by atoms with van der Waals surface area (Å²) in [5.41, 5.74) is 4.37. The lowest BCUT2D eigenvalue weighted by atomic mass is 10.1. The van der Waals surface area contributed by atoms with Gasteiger partial charge in [0.25, 0.3) is 0 Å². The number of benzene rings is 2. The molecule has 0 atom stereocenters. The highest BCUT2D eigenvalue weighted by Crippen LogP contribution is 2.11. The molecule has 0 aromatic heterocycles. The molecule has 0 N–H and O–H groups in total. The zero-order valence-electron chi connectivity index (χ0n) is 17.0. The van der Waals surface area contributed by atoms with Gasteiger partial charge in [-0.05, 0) is 49.7 Å². The summed E-state index contributed by atoms with van der Waals surface area (Å²) in [5.74, 6) is 0. The van der Waals surface area contributed by atoms with Crippen LogP contribution in [0.4, 0.5) is 0 Å². The molecule has 0 radical (unpaired) electrons. The van der Waals surface area contributed by atoms with Crippen LogP contribution in [0.1, 0.15) is 64.0 Å². The van der Waals surface area contributed by atoms with Crippen LogP contribution in [0.25, 0.3) is 0 Å². The SMILES string of the molecule is CCC1=CCCC=C1.CCCCc1ccccc1.CCc1ccccc1. The summed E-state index contributed by atoms with van der Waals surface area (Å²) < 4.78 is 0. The molecule has 0 nitrogen and oxygen atoms in total. The van der Waals surface area contributed by atoms with Crippen molar-refractivity contribution in [3.63, 3.8) is 0 Å². The van der Waals surface area contributed by atoms with Crippen molar-refractivity contribution in [1.82, 2.24) is 0 Å². The normalized spacial score (nSPS) is 12.2. The van der Waals surface area contributed by atoms with E-state index in [1.54, 1.807) is 0 Å². The molecular weight excluding hydrogens is 312 g/mol. The molecule has 2 aromatic carbocycles. The van der Waals surface area contributed by atoms with Crippen molar-refractivity contribution in [3.05, 3.63) is 95.6 Å². The number of hydrogen-bond acceptors (Lipinski definition) is 0. The van der Waals surface area contributed by atoms with E-state index in [-0.39, 0.29) is 0 Å². The molecule has 2 aromatic rings. The monoisotopic (exact) mass is 348 g/mol. The summed E-state index contributed by atoms with van der Waals surface area (Å²) in [5, 5.41) is 0. The molecule has 1 aliphatic rings. The predicted molar refractivity (Wildman–Crippen MR) is 118 cm³/mol. The Hall–Kier alpha value is -2.08. The Labute approximate surface area is 161 Å². The number of rotatable bonds is 5. The Morgan fingerprint density at radius 1 is 0.692 bits per heavy atom. The average Bonchev–Trinajstić information content (AvgIpc) is 2.75. The maximum absolute atomic E-state index is 2.32. The predicted octanol–water partition coefficient (Wildman–Crippen LogP) is 7.95. The van der Waals surface area contributed by atoms with Crippen LogP contribution in [-0.4, -0.2) is 0 Å². The van der Waals surface area contributed by atoms with Crippen LogP contribution in [-0.2, 0) is 12.8 Å². The first-order valence-electron chi connectivity index (χ1n) is 10.2. The molecule has 0 saturated heterocycles. The number of hydrogen-bond donors (Lipinski definition) is 0. The maximum Gasteiger partial charge on any atom is -0.0279 e. The van der Waals surface area contributed by atoms with E-state index in [0.717, 1.165) is 6.42 Å². The van der Waals surface area contributed by atoms with Crippen LogP contribution < -0.4 is 0 Å². The van der Waals surface area contributed by atoms with Gasteiger partial charge in [0.05, 0.1) is 0 Å². The van der Waals surface area contributed by atoms with E-state index in [2.05, 4.69) is 93.6 Å². The van der Waals surface area contributed by atoms with Crippen molar-refractivity contribution in [1.29, 1.82) is 0 Å². The Morgan fingerprint density at radius 2 is 1.31 bits per heavy atom. The molecular formula is C26H36. The maximum atomic E-state index is 2.32. The van der Waals surface area contributed by atoms with Crippen molar-refractivity contribution in [2.45, 2.75) is 65.7 Å². The molecule has 0 bridgehead atoms. The summed E-state index contributed by atoms with van der Waals surface area (Å²) in [6.07, 6.45) is 15.4. The third-order valence-electron chi connectivity index (χ3n) is 4.39. The molecule has 0 heterocycles. The van der Waals surface area contributed by atoms with Gasteiger partial charge in [0, 0.05) is 0 Å². The van der Waals surface area contributed by atoms with Crippen LogP contribution in [0.2, 0.25) is 0 Å². The first-order chi connectivity index (χ1) is 12.8.